The highest BCUT2D eigenvalue weighted by Crippen LogP contribution is 2.33. The van der Waals surface area contributed by atoms with Crippen LogP contribution in [0.2, 0.25) is 0 Å². The summed E-state index contributed by atoms with van der Waals surface area (Å²) in [5, 5.41) is 15.0. The smallest absolute Gasteiger partial charge is 0.224 e. The standard InChI is InChI=1S/C11H20N2O2/c14-6-2-1-5-12-11(15)9-7-8-3-4-10(9)13-8/h8-10,13-14H,1-7H2,(H,12,15). The van der Waals surface area contributed by atoms with E-state index in [-0.39, 0.29) is 18.4 Å². The monoisotopic (exact) mass is 212 g/mol. The predicted molar refractivity (Wildman–Crippen MR) is 57.4 cm³/mol. The fourth-order valence-corrected chi connectivity index (χ4v) is 2.69. The van der Waals surface area contributed by atoms with Crippen molar-refractivity contribution in [2.45, 2.75) is 44.2 Å². The summed E-state index contributed by atoms with van der Waals surface area (Å²) in [5.74, 6) is 0.394. The first-order chi connectivity index (χ1) is 7.31. The number of hydrogen-bond acceptors (Lipinski definition) is 3. The van der Waals surface area contributed by atoms with Crippen molar-refractivity contribution in [2.75, 3.05) is 13.2 Å². The van der Waals surface area contributed by atoms with Crippen LogP contribution in [0.3, 0.4) is 0 Å². The highest BCUT2D eigenvalue weighted by Gasteiger charge is 2.42. The minimum Gasteiger partial charge on any atom is -0.396 e. The van der Waals surface area contributed by atoms with Crippen molar-refractivity contribution in [1.29, 1.82) is 0 Å². The highest BCUT2D eigenvalue weighted by atomic mass is 16.2. The lowest BCUT2D eigenvalue weighted by Crippen LogP contribution is -2.37. The summed E-state index contributed by atoms with van der Waals surface area (Å²) < 4.78 is 0. The van der Waals surface area contributed by atoms with E-state index in [4.69, 9.17) is 5.11 Å². The van der Waals surface area contributed by atoms with Crippen LogP contribution in [-0.4, -0.2) is 36.2 Å². The largest absolute Gasteiger partial charge is 0.396 e. The van der Waals surface area contributed by atoms with Crippen LogP contribution in [0.15, 0.2) is 0 Å². The van der Waals surface area contributed by atoms with Gasteiger partial charge >= 0.3 is 0 Å². The molecular formula is C11H20N2O2. The Morgan fingerprint density at radius 1 is 1.40 bits per heavy atom. The topological polar surface area (TPSA) is 61.4 Å². The Hall–Kier alpha value is -0.610. The molecule has 0 aliphatic carbocycles. The van der Waals surface area contributed by atoms with Gasteiger partial charge in [0.2, 0.25) is 5.91 Å². The molecule has 3 N–H and O–H groups in total. The van der Waals surface area contributed by atoms with Crippen LogP contribution in [0.25, 0.3) is 0 Å². The van der Waals surface area contributed by atoms with Gasteiger partial charge in [0.1, 0.15) is 0 Å². The van der Waals surface area contributed by atoms with Gasteiger partial charge in [-0.2, -0.15) is 0 Å². The van der Waals surface area contributed by atoms with E-state index in [2.05, 4.69) is 10.6 Å². The van der Waals surface area contributed by atoms with Crippen molar-refractivity contribution in [3.8, 4) is 0 Å². The molecule has 2 saturated heterocycles. The van der Waals surface area contributed by atoms with Crippen molar-refractivity contribution in [3.63, 3.8) is 0 Å². The van der Waals surface area contributed by atoms with Crippen molar-refractivity contribution in [2.24, 2.45) is 5.92 Å². The third kappa shape index (κ3) is 2.49. The van der Waals surface area contributed by atoms with Gasteiger partial charge in [-0.3, -0.25) is 4.79 Å². The van der Waals surface area contributed by atoms with Crippen LogP contribution in [-0.2, 0) is 4.79 Å². The van der Waals surface area contributed by atoms with Crippen LogP contribution in [0.1, 0.15) is 32.1 Å². The SMILES string of the molecule is O=C(NCCCCO)C1CC2CCC1N2. The van der Waals surface area contributed by atoms with Gasteiger partial charge in [-0.25, -0.2) is 0 Å². The van der Waals surface area contributed by atoms with Crippen LogP contribution < -0.4 is 10.6 Å². The van der Waals surface area contributed by atoms with E-state index in [1.165, 1.54) is 6.42 Å². The molecule has 2 heterocycles. The molecule has 0 aromatic rings. The molecule has 0 saturated carbocycles. The first-order valence-electron chi connectivity index (χ1n) is 5.96. The predicted octanol–water partition coefficient (Wildman–Crippen LogP) is 0.0156. The molecule has 0 aromatic heterocycles. The van der Waals surface area contributed by atoms with E-state index >= 15 is 0 Å². The lowest BCUT2D eigenvalue weighted by atomic mass is 9.88. The molecule has 3 atom stereocenters. The second kappa shape index (κ2) is 4.94. The molecule has 0 aromatic carbocycles. The fourth-order valence-electron chi connectivity index (χ4n) is 2.69. The zero-order valence-corrected chi connectivity index (χ0v) is 9.04. The maximum atomic E-state index is 11.8. The molecule has 0 radical (unpaired) electrons. The zero-order valence-electron chi connectivity index (χ0n) is 9.04. The lowest BCUT2D eigenvalue weighted by Gasteiger charge is -2.19. The van der Waals surface area contributed by atoms with Crippen molar-refractivity contribution in [3.05, 3.63) is 0 Å². The minimum absolute atomic E-state index is 0.192. The van der Waals surface area contributed by atoms with Gasteiger partial charge in [0.05, 0.1) is 5.92 Å². The zero-order chi connectivity index (χ0) is 10.7. The number of carbonyl (C=O) groups is 1. The van der Waals surface area contributed by atoms with Crippen LogP contribution in [0.4, 0.5) is 0 Å². The van der Waals surface area contributed by atoms with E-state index in [1.54, 1.807) is 0 Å². The van der Waals surface area contributed by atoms with E-state index in [0.717, 1.165) is 25.7 Å². The number of aliphatic hydroxyl groups excluding tert-OH is 1. The number of amides is 1. The molecule has 2 aliphatic rings. The third-order valence-electron chi connectivity index (χ3n) is 3.52. The maximum Gasteiger partial charge on any atom is 0.224 e. The van der Waals surface area contributed by atoms with Gasteiger partial charge in [-0.1, -0.05) is 0 Å². The molecule has 86 valence electrons. The number of unbranched alkanes of at least 4 members (excludes halogenated alkanes) is 1. The van der Waals surface area contributed by atoms with Crippen LogP contribution in [0, 0.1) is 5.92 Å². The van der Waals surface area contributed by atoms with Crippen molar-refractivity contribution < 1.29 is 9.90 Å². The molecule has 2 rings (SSSR count). The number of aliphatic hydroxyl groups is 1. The molecule has 2 fully saturated rings. The Morgan fingerprint density at radius 2 is 2.27 bits per heavy atom. The molecule has 2 bridgehead atoms. The summed E-state index contributed by atoms with van der Waals surface area (Å²) in [6, 6.07) is 1.01. The quantitative estimate of drug-likeness (QED) is 0.563. The normalized spacial score (nSPS) is 33.3. The van der Waals surface area contributed by atoms with Crippen LogP contribution >= 0.6 is 0 Å². The van der Waals surface area contributed by atoms with Gasteiger partial charge < -0.3 is 15.7 Å². The van der Waals surface area contributed by atoms with Crippen molar-refractivity contribution in [1.82, 2.24) is 10.6 Å². The van der Waals surface area contributed by atoms with E-state index in [0.29, 0.717) is 18.6 Å². The second-order valence-corrected chi connectivity index (χ2v) is 4.61. The van der Waals surface area contributed by atoms with Gasteiger partial charge in [-0.15, -0.1) is 0 Å². The number of nitrogens with one attached hydrogen (secondary N) is 2. The van der Waals surface area contributed by atoms with Gasteiger partial charge in [-0.05, 0) is 32.1 Å². The Balaban J connectivity index is 1.68. The lowest BCUT2D eigenvalue weighted by molar-refractivity contribution is -0.125. The molecule has 3 unspecified atom stereocenters. The number of fused-ring (bicyclic) bond motifs is 2. The fraction of sp³-hybridized carbons (Fsp3) is 0.909. The van der Waals surface area contributed by atoms with Gasteiger partial charge in [0.25, 0.3) is 0 Å². The van der Waals surface area contributed by atoms with E-state index in [1.807, 2.05) is 0 Å². The van der Waals surface area contributed by atoms with Crippen molar-refractivity contribution >= 4 is 5.91 Å². The summed E-state index contributed by atoms with van der Waals surface area (Å²) in [5.41, 5.74) is 0. The third-order valence-corrected chi connectivity index (χ3v) is 3.52. The molecule has 4 nitrogen and oxygen atoms in total. The summed E-state index contributed by atoms with van der Waals surface area (Å²) in [4.78, 5) is 11.8. The molecule has 1 amide bonds. The summed E-state index contributed by atoms with van der Waals surface area (Å²) in [6.07, 6.45) is 5.04. The Labute approximate surface area is 90.4 Å². The minimum atomic E-state index is 0.192. The summed E-state index contributed by atoms with van der Waals surface area (Å²) in [7, 11) is 0. The van der Waals surface area contributed by atoms with Gasteiger partial charge in [0, 0.05) is 25.2 Å². The number of hydrogen-bond donors (Lipinski definition) is 3. The van der Waals surface area contributed by atoms with E-state index < -0.39 is 0 Å². The first-order valence-corrected chi connectivity index (χ1v) is 5.96. The number of carbonyl (C=O) groups excluding carboxylic acids is 1. The first kappa shape index (κ1) is 10.9. The average molecular weight is 212 g/mol. The Morgan fingerprint density at radius 3 is 2.87 bits per heavy atom. The maximum absolute atomic E-state index is 11.8. The van der Waals surface area contributed by atoms with E-state index in [9.17, 15) is 4.79 Å². The molecule has 0 spiro atoms. The molecular weight excluding hydrogens is 192 g/mol. The van der Waals surface area contributed by atoms with Gasteiger partial charge in [0.15, 0.2) is 0 Å². The highest BCUT2D eigenvalue weighted by molar-refractivity contribution is 5.80. The number of rotatable bonds is 5. The Bertz CT molecular complexity index is 233. The summed E-state index contributed by atoms with van der Waals surface area (Å²) in [6.45, 7) is 0.916. The average Bonchev–Trinajstić information content (AvgIpc) is 2.85. The Kier molecular flexibility index (Phi) is 3.59. The molecule has 2 aliphatic heterocycles. The summed E-state index contributed by atoms with van der Waals surface area (Å²) >= 11 is 0. The van der Waals surface area contributed by atoms with Crippen LogP contribution in [0.5, 0.6) is 0 Å². The molecule has 4 heteroatoms. The second-order valence-electron chi connectivity index (χ2n) is 4.61. The molecule has 15 heavy (non-hydrogen) atoms.